The summed E-state index contributed by atoms with van der Waals surface area (Å²) in [6.07, 6.45) is 3.72. The van der Waals surface area contributed by atoms with Crippen molar-refractivity contribution >= 4 is 42.0 Å². The Balaban J connectivity index is 2.89. The minimum atomic E-state index is -1.24. The lowest BCUT2D eigenvalue weighted by Gasteiger charge is -2.03. The molecule has 1 aromatic rings. The first-order chi connectivity index (χ1) is 7.42. The molecular weight excluding hydrogens is 343 g/mol. The summed E-state index contributed by atoms with van der Waals surface area (Å²) in [5.74, 6) is 3.41. The lowest BCUT2D eigenvalue weighted by molar-refractivity contribution is 0.796. The van der Waals surface area contributed by atoms with Crippen LogP contribution in [0.1, 0.15) is 30.2 Å². The van der Waals surface area contributed by atoms with Crippen LogP contribution in [0.3, 0.4) is 0 Å². The van der Waals surface area contributed by atoms with Gasteiger partial charge in [0.2, 0.25) is 0 Å². The van der Waals surface area contributed by atoms with Crippen molar-refractivity contribution in [1.29, 1.82) is 0 Å². The van der Waals surface area contributed by atoms with E-state index in [2.05, 4.69) is 66.7 Å². The fourth-order valence-corrected chi connectivity index (χ4v) is 3.72. The third kappa shape index (κ3) is 5.02. The summed E-state index contributed by atoms with van der Waals surface area (Å²) in [5.41, 5.74) is 4.92. The monoisotopic (exact) mass is 362 g/mol. The predicted octanol–water partition coefficient (Wildman–Crippen LogP) is 4.92. The average Bonchev–Trinajstić information content (AvgIpc) is 2.52. The summed E-state index contributed by atoms with van der Waals surface area (Å²) in [5, 5.41) is 0. The second kappa shape index (κ2) is 6.22. The van der Waals surface area contributed by atoms with Crippen molar-refractivity contribution in [3.8, 4) is 11.5 Å². The van der Waals surface area contributed by atoms with Crippen LogP contribution in [0.2, 0.25) is 19.6 Å². The number of hydrogen-bond acceptors (Lipinski definition) is 1. The Labute approximate surface area is 118 Å². The van der Waals surface area contributed by atoms with Crippen LogP contribution in [0.4, 0.5) is 0 Å². The topological polar surface area (TPSA) is 0 Å². The summed E-state index contributed by atoms with van der Waals surface area (Å²) in [4.78, 5) is 1.31. The maximum Gasteiger partial charge on any atom is 0.129 e. The third-order valence-corrected chi connectivity index (χ3v) is 4.86. The Bertz CT molecular complexity index is 404. The Morgan fingerprint density at radius 2 is 2.06 bits per heavy atom. The van der Waals surface area contributed by atoms with Crippen molar-refractivity contribution in [2.24, 2.45) is 0 Å². The number of thiophene rings is 1. The molecule has 0 radical (unpaired) electrons. The van der Waals surface area contributed by atoms with Crippen LogP contribution in [0.15, 0.2) is 6.07 Å². The van der Waals surface area contributed by atoms with Gasteiger partial charge >= 0.3 is 0 Å². The highest BCUT2D eigenvalue weighted by Crippen LogP contribution is 2.24. The van der Waals surface area contributed by atoms with E-state index in [-0.39, 0.29) is 0 Å². The van der Waals surface area contributed by atoms with Gasteiger partial charge in [0, 0.05) is 0 Å². The normalized spacial score (nSPS) is 11.1. The minimum absolute atomic E-state index is 1.19. The van der Waals surface area contributed by atoms with E-state index in [4.69, 9.17) is 0 Å². The fourth-order valence-electron chi connectivity index (χ4n) is 1.30. The summed E-state index contributed by atoms with van der Waals surface area (Å²) < 4.78 is 1.36. The van der Waals surface area contributed by atoms with Gasteiger partial charge in [0.05, 0.1) is 7.76 Å². The molecule has 1 heterocycles. The number of hydrogen-bond donors (Lipinski definition) is 0. The van der Waals surface area contributed by atoms with Crippen LogP contribution >= 0.6 is 33.9 Å². The molecule has 0 aromatic carbocycles. The van der Waals surface area contributed by atoms with E-state index < -0.39 is 8.07 Å². The molecule has 0 nitrogen and oxygen atoms in total. The highest BCUT2D eigenvalue weighted by molar-refractivity contribution is 14.1. The van der Waals surface area contributed by atoms with E-state index in [1.807, 2.05) is 11.3 Å². The molecule has 0 amide bonds. The molecule has 1 rings (SSSR count). The second-order valence-electron chi connectivity index (χ2n) is 5.01. The first kappa shape index (κ1) is 14.3. The van der Waals surface area contributed by atoms with Gasteiger partial charge in [0.25, 0.3) is 0 Å². The van der Waals surface area contributed by atoms with E-state index in [0.717, 1.165) is 0 Å². The average molecular weight is 362 g/mol. The summed E-state index contributed by atoms with van der Waals surface area (Å²) in [6, 6.07) is 2.30. The predicted molar refractivity (Wildman–Crippen MR) is 85.9 cm³/mol. The molecule has 0 spiro atoms. The zero-order chi connectivity index (χ0) is 12.2. The Hall–Kier alpha value is 0.207. The largest absolute Gasteiger partial charge is 0.129 e. The van der Waals surface area contributed by atoms with Crippen molar-refractivity contribution in [2.75, 3.05) is 0 Å². The van der Waals surface area contributed by atoms with Crippen molar-refractivity contribution in [2.45, 2.75) is 45.8 Å². The Morgan fingerprint density at radius 3 is 2.62 bits per heavy atom. The van der Waals surface area contributed by atoms with E-state index >= 15 is 0 Å². The van der Waals surface area contributed by atoms with Gasteiger partial charge < -0.3 is 0 Å². The van der Waals surface area contributed by atoms with Gasteiger partial charge in [-0.15, -0.1) is 16.9 Å². The van der Waals surface area contributed by atoms with Crippen molar-refractivity contribution in [3.05, 3.63) is 19.4 Å². The van der Waals surface area contributed by atoms with Crippen LogP contribution in [0.5, 0.6) is 0 Å². The van der Waals surface area contributed by atoms with E-state index in [0.29, 0.717) is 0 Å². The maximum absolute atomic E-state index is 3.46. The molecule has 0 aliphatic rings. The van der Waals surface area contributed by atoms with Crippen molar-refractivity contribution in [1.82, 2.24) is 0 Å². The van der Waals surface area contributed by atoms with Gasteiger partial charge in [-0.25, -0.2) is 0 Å². The molecule has 0 saturated heterocycles. The van der Waals surface area contributed by atoms with Gasteiger partial charge in [-0.2, -0.15) is 0 Å². The first-order valence-electron chi connectivity index (χ1n) is 5.74. The molecule has 0 bridgehead atoms. The van der Waals surface area contributed by atoms with Crippen LogP contribution < -0.4 is 0 Å². The molecular formula is C13H19ISSi. The highest BCUT2D eigenvalue weighted by atomic mass is 127. The van der Waals surface area contributed by atoms with Crippen LogP contribution in [0, 0.1) is 14.3 Å². The molecule has 0 N–H and O–H groups in total. The van der Waals surface area contributed by atoms with Gasteiger partial charge in [-0.1, -0.05) is 38.9 Å². The molecule has 0 unspecified atom stereocenters. The standard InChI is InChI=1S/C13H19ISSi/c1-5-6-7-11-10-13(14)15-12(11)8-9-16(2,3)4/h10H,5-7H2,1-4H3. The zero-order valence-corrected chi connectivity index (χ0v) is 14.5. The molecule has 88 valence electrons. The van der Waals surface area contributed by atoms with Crippen molar-refractivity contribution in [3.63, 3.8) is 0 Å². The number of halogens is 1. The summed E-state index contributed by atoms with van der Waals surface area (Å²) >= 11 is 4.24. The molecule has 0 fully saturated rings. The van der Waals surface area contributed by atoms with Gasteiger partial charge in [-0.05, 0) is 47.1 Å². The zero-order valence-electron chi connectivity index (χ0n) is 10.5. The molecule has 0 atom stereocenters. The quantitative estimate of drug-likeness (QED) is 0.407. The summed E-state index contributed by atoms with van der Waals surface area (Å²) in [6.45, 7) is 9.13. The molecule has 1 aromatic heterocycles. The van der Waals surface area contributed by atoms with Gasteiger partial charge in [0.15, 0.2) is 0 Å². The van der Waals surface area contributed by atoms with E-state index in [1.165, 1.54) is 32.6 Å². The molecule has 16 heavy (non-hydrogen) atoms. The summed E-state index contributed by atoms with van der Waals surface area (Å²) in [7, 11) is -1.24. The van der Waals surface area contributed by atoms with Crippen LogP contribution in [-0.2, 0) is 6.42 Å². The van der Waals surface area contributed by atoms with E-state index in [9.17, 15) is 0 Å². The lowest BCUT2D eigenvalue weighted by atomic mass is 10.1. The molecule has 0 saturated carbocycles. The van der Waals surface area contributed by atoms with Crippen LogP contribution in [-0.4, -0.2) is 8.07 Å². The highest BCUT2D eigenvalue weighted by Gasteiger charge is 2.09. The van der Waals surface area contributed by atoms with Gasteiger partial charge in [0.1, 0.15) is 8.07 Å². The second-order valence-corrected chi connectivity index (χ2v) is 12.7. The lowest BCUT2D eigenvalue weighted by Crippen LogP contribution is -2.16. The fraction of sp³-hybridized carbons (Fsp3) is 0.538. The number of aryl methyl sites for hydroxylation is 1. The molecule has 0 aliphatic heterocycles. The first-order valence-corrected chi connectivity index (χ1v) is 11.1. The Kier molecular flexibility index (Phi) is 5.55. The van der Waals surface area contributed by atoms with Gasteiger partial charge in [-0.3, -0.25) is 0 Å². The smallest absolute Gasteiger partial charge is 0.126 e. The Morgan fingerprint density at radius 1 is 1.38 bits per heavy atom. The third-order valence-electron chi connectivity index (χ3n) is 2.13. The number of rotatable bonds is 3. The minimum Gasteiger partial charge on any atom is -0.126 e. The van der Waals surface area contributed by atoms with Crippen LogP contribution in [0.25, 0.3) is 0 Å². The maximum atomic E-state index is 3.46. The molecule has 0 aliphatic carbocycles. The van der Waals surface area contributed by atoms with E-state index in [1.54, 1.807) is 0 Å². The molecule has 3 heteroatoms. The SMILES string of the molecule is CCCCc1cc(I)sc1C#C[Si](C)(C)C. The number of unbranched alkanes of at least 4 members (excludes halogenated alkanes) is 1. The van der Waals surface area contributed by atoms with Crippen molar-refractivity contribution < 1.29 is 0 Å².